The van der Waals surface area contributed by atoms with Gasteiger partial charge in [0.15, 0.2) is 0 Å². The zero-order valence-electron chi connectivity index (χ0n) is 13.5. The first-order valence-electron chi connectivity index (χ1n) is 8.04. The van der Waals surface area contributed by atoms with E-state index in [1.165, 1.54) is 17.7 Å². The summed E-state index contributed by atoms with van der Waals surface area (Å²) < 4.78 is 33.6. The van der Waals surface area contributed by atoms with Crippen molar-refractivity contribution in [1.82, 2.24) is 4.72 Å². The van der Waals surface area contributed by atoms with Gasteiger partial charge in [-0.15, -0.1) is 0 Å². The Bertz CT molecular complexity index is 836. The van der Waals surface area contributed by atoms with Crippen LogP contribution in [0.5, 0.6) is 5.75 Å². The lowest BCUT2D eigenvalue weighted by Crippen LogP contribution is -2.31. The number of aryl methyl sites for hydroxylation is 1. The monoisotopic (exact) mass is 365 g/mol. The highest BCUT2D eigenvalue weighted by Gasteiger charge is 2.26. The molecule has 4 nitrogen and oxygen atoms in total. The fourth-order valence-electron chi connectivity index (χ4n) is 3.05. The van der Waals surface area contributed by atoms with Gasteiger partial charge in [0.05, 0.1) is 16.5 Å². The molecule has 6 heteroatoms. The molecule has 0 aliphatic heterocycles. The lowest BCUT2D eigenvalue weighted by atomic mass is 9.88. The van der Waals surface area contributed by atoms with Crippen LogP contribution in [0.1, 0.15) is 36.9 Å². The Balaban J connectivity index is 1.86. The zero-order valence-corrected chi connectivity index (χ0v) is 15.0. The van der Waals surface area contributed by atoms with E-state index in [2.05, 4.69) is 10.8 Å². The fourth-order valence-corrected chi connectivity index (χ4v) is 4.63. The largest absolute Gasteiger partial charge is 0.492 e. The summed E-state index contributed by atoms with van der Waals surface area (Å²) in [5, 5.41) is 0.295. The Hall–Kier alpha value is -1.56. The predicted octanol–water partition coefficient (Wildman–Crippen LogP) is 4.09. The van der Waals surface area contributed by atoms with E-state index in [0.29, 0.717) is 17.4 Å². The summed E-state index contributed by atoms with van der Waals surface area (Å²) in [6.07, 6.45) is 2.75. The van der Waals surface area contributed by atoms with Crippen molar-refractivity contribution in [2.75, 3.05) is 6.61 Å². The van der Waals surface area contributed by atoms with Crippen LogP contribution in [0.15, 0.2) is 47.4 Å². The third-order valence-corrected chi connectivity index (χ3v) is 5.95. The fraction of sp³-hybridized carbons (Fsp3) is 0.333. The molecular formula is C18H20ClNO3S. The number of rotatable bonds is 5. The molecule has 128 valence electrons. The number of sulfonamides is 1. The smallest absolute Gasteiger partial charge is 0.241 e. The molecule has 24 heavy (non-hydrogen) atoms. The average molecular weight is 366 g/mol. The second-order valence-corrected chi connectivity index (χ2v) is 7.91. The highest BCUT2D eigenvalue weighted by atomic mass is 35.5. The van der Waals surface area contributed by atoms with Crippen LogP contribution in [0.25, 0.3) is 0 Å². The van der Waals surface area contributed by atoms with Gasteiger partial charge in [-0.3, -0.25) is 0 Å². The van der Waals surface area contributed by atoms with Crippen LogP contribution in [0.3, 0.4) is 0 Å². The molecule has 3 rings (SSSR count). The van der Waals surface area contributed by atoms with E-state index in [1.54, 1.807) is 6.07 Å². The van der Waals surface area contributed by atoms with E-state index in [1.807, 2.05) is 25.1 Å². The normalized spacial score (nSPS) is 17.3. The second-order valence-electron chi connectivity index (χ2n) is 5.79. The lowest BCUT2D eigenvalue weighted by Gasteiger charge is -2.26. The van der Waals surface area contributed by atoms with Crippen molar-refractivity contribution in [3.63, 3.8) is 0 Å². The van der Waals surface area contributed by atoms with Gasteiger partial charge in [0, 0.05) is 6.04 Å². The average Bonchev–Trinajstić information content (AvgIpc) is 2.57. The van der Waals surface area contributed by atoms with Crippen LogP contribution in [0.2, 0.25) is 5.02 Å². The number of halogens is 1. The van der Waals surface area contributed by atoms with Gasteiger partial charge in [0.25, 0.3) is 0 Å². The molecule has 0 saturated carbocycles. The third-order valence-electron chi connectivity index (χ3n) is 4.18. The summed E-state index contributed by atoms with van der Waals surface area (Å²) in [6, 6.07) is 12.3. The second kappa shape index (κ2) is 7.13. The van der Waals surface area contributed by atoms with Crippen molar-refractivity contribution in [3.05, 3.63) is 58.6 Å². The van der Waals surface area contributed by atoms with Crippen LogP contribution in [-0.2, 0) is 16.4 Å². The van der Waals surface area contributed by atoms with E-state index < -0.39 is 10.0 Å². The van der Waals surface area contributed by atoms with Gasteiger partial charge in [-0.1, -0.05) is 35.9 Å². The molecule has 0 aromatic heterocycles. The summed E-state index contributed by atoms with van der Waals surface area (Å²) in [5.74, 6) is 0.487. The number of ether oxygens (including phenoxy) is 1. The minimum Gasteiger partial charge on any atom is -0.492 e. The Morgan fingerprint density at radius 3 is 2.79 bits per heavy atom. The topological polar surface area (TPSA) is 55.4 Å². The summed E-state index contributed by atoms with van der Waals surface area (Å²) in [6.45, 7) is 2.33. The Kier molecular flexibility index (Phi) is 5.13. The van der Waals surface area contributed by atoms with Gasteiger partial charge in [-0.05, 0) is 55.5 Å². The van der Waals surface area contributed by atoms with Gasteiger partial charge in [0.2, 0.25) is 10.0 Å². The van der Waals surface area contributed by atoms with E-state index in [0.717, 1.165) is 24.8 Å². The third kappa shape index (κ3) is 3.58. The van der Waals surface area contributed by atoms with Crippen LogP contribution >= 0.6 is 11.6 Å². The summed E-state index contributed by atoms with van der Waals surface area (Å²) in [7, 11) is -3.65. The van der Waals surface area contributed by atoms with Crippen LogP contribution < -0.4 is 9.46 Å². The molecule has 0 amide bonds. The van der Waals surface area contributed by atoms with E-state index in [-0.39, 0.29) is 10.9 Å². The van der Waals surface area contributed by atoms with Crippen LogP contribution in [-0.4, -0.2) is 15.0 Å². The zero-order chi connectivity index (χ0) is 17.2. The van der Waals surface area contributed by atoms with Crippen molar-refractivity contribution in [2.45, 2.75) is 37.1 Å². The minimum atomic E-state index is -3.65. The summed E-state index contributed by atoms with van der Waals surface area (Å²) in [5.41, 5.74) is 2.27. The molecule has 2 aromatic carbocycles. The molecule has 1 atom stereocenters. The van der Waals surface area contributed by atoms with Gasteiger partial charge in [-0.2, -0.15) is 0 Å². The Labute approximate surface area is 147 Å². The maximum atomic E-state index is 12.7. The molecule has 0 bridgehead atoms. The quantitative estimate of drug-likeness (QED) is 0.868. The Morgan fingerprint density at radius 1 is 1.25 bits per heavy atom. The first-order chi connectivity index (χ1) is 11.5. The lowest BCUT2D eigenvalue weighted by molar-refractivity contribution is 0.340. The highest BCUT2D eigenvalue weighted by Crippen LogP contribution is 2.32. The molecule has 0 spiro atoms. The van der Waals surface area contributed by atoms with Crippen molar-refractivity contribution < 1.29 is 13.2 Å². The first kappa shape index (κ1) is 17.3. The van der Waals surface area contributed by atoms with Gasteiger partial charge in [-0.25, -0.2) is 13.1 Å². The van der Waals surface area contributed by atoms with Gasteiger partial charge >= 0.3 is 0 Å². The van der Waals surface area contributed by atoms with E-state index in [9.17, 15) is 8.42 Å². The number of benzene rings is 2. The molecule has 2 aromatic rings. The minimum absolute atomic E-state index is 0.152. The maximum absolute atomic E-state index is 12.7. The summed E-state index contributed by atoms with van der Waals surface area (Å²) >= 11 is 6.12. The number of hydrogen-bond donors (Lipinski definition) is 1. The molecule has 1 N–H and O–H groups in total. The molecule has 1 aliphatic rings. The number of hydrogen-bond acceptors (Lipinski definition) is 3. The molecule has 0 saturated heterocycles. The molecule has 0 fully saturated rings. The maximum Gasteiger partial charge on any atom is 0.241 e. The predicted molar refractivity (Wildman–Crippen MR) is 95.1 cm³/mol. The highest BCUT2D eigenvalue weighted by molar-refractivity contribution is 7.89. The van der Waals surface area contributed by atoms with Crippen molar-refractivity contribution in [2.24, 2.45) is 0 Å². The Morgan fingerprint density at radius 2 is 2.04 bits per heavy atom. The van der Waals surface area contributed by atoms with Crippen LogP contribution in [0.4, 0.5) is 0 Å². The van der Waals surface area contributed by atoms with Crippen LogP contribution in [0, 0.1) is 0 Å². The van der Waals surface area contributed by atoms with E-state index in [4.69, 9.17) is 16.3 Å². The van der Waals surface area contributed by atoms with Crippen molar-refractivity contribution >= 4 is 21.6 Å². The molecule has 0 unspecified atom stereocenters. The molecule has 0 heterocycles. The SMILES string of the molecule is CCOc1ccc(S(=O)(=O)N[C@H]2CCCc3ccccc32)cc1Cl. The number of fused-ring (bicyclic) bond motifs is 1. The first-order valence-corrected chi connectivity index (χ1v) is 9.90. The van der Waals surface area contributed by atoms with Gasteiger partial charge in [0.1, 0.15) is 5.75 Å². The van der Waals surface area contributed by atoms with Crippen molar-refractivity contribution in [3.8, 4) is 5.75 Å². The molecular weight excluding hydrogens is 346 g/mol. The summed E-state index contributed by atoms with van der Waals surface area (Å²) in [4.78, 5) is 0.152. The van der Waals surface area contributed by atoms with E-state index >= 15 is 0 Å². The van der Waals surface area contributed by atoms with Crippen molar-refractivity contribution in [1.29, 1.82) is 0 Å². The molecule has 0 radical (unpaired) electrons. The van der Waals surface area contributed by atoms with Gasteiger partial charge < -0.3 is 4.74 Å². The number of nitrogens with one attached hydrogen (secondary N) is 1. The molecule has 1 aliphatic carbocycles. The standard InChI is InChI=1S/C18H20ClNO3S/c1-2-23-18-11-10-14(12-16(18)19)24(21,22)20-17-9-5-7-13-6-3-4-8-15(13)17/h3-4,6,8,10-12,17,20H,2,5,7,9H2,1H3/t17-/m0/s1.